The molecule has 0 radical (unpaired) electrons. The van der Waals surface area contributed by atoms with E-state index >= 15 is 0 Å². The normalized spacial score (nSPS) is 35.3. The maximum absolute atomic E-state index is 12.2. The largest absolute Gasteiger partial charge is 0.458 e. The van der Waals surface area contributed by atoms with E-state index in [1.54, 1.807) is 0 Å². The highest BCUT2D eigenvalue weighted by Gasteiger charge is 2.62. The lowest BCUT2D eigenvalue weighted by atomic mass is 9.70. The third-order valence-corrected chi connectivity index (χ3v) is 5.97. The second kappa shape index (κ2) is 4.09. The highest BCUT2D eigenvalue weighted by atomic mass is 16.5. The Balaban J connectivity index is 1.78. The van der Waals surface area contributed by atoms with Gasteiger partial charge in [-0.15, -0.1) is 0 Å². The van der Waals surface area contributed by atoms with Crippen LogP contribution in [0.4, 0.5) is 0 Å². The first-order valence-corrected chi connectivity index (χ1v) is 7.21. The standard InChI is InChI=1S/C17H22O2/c1-16(2)13-9-10-17(16,3)14(11-13)19-15(18)12-7-5-4-6-8-12/h4-8,13-14H,9-11H2,1-3H3/t13-,14-,17-/m0/s1. The van der Waals surface area contributed by atoms with Crippen LogP contribution in [0.2, 0.25) is 0 Å². The maximum Gasteiger partial charge on any atom is 0.338 e. The molecule has 2 saturated carbocycles. The molecule has 2 heteroatoms. The first-order chi connectivity index (χ1) is 8.95. The Bertz CT molecular complexity index is 491. The quantitative estimate of drug-likeness (QED) is 0.748. The fourth-order valence-corrected chi connectivity index (χ4v) is 4.08. The molecule has 1 aromatic carbocycles. The van der Waals surface area contributed by atoms with Crippen LogP contribution in [0, 0.1) is 16.7 Å². The number of ether oxygens (including phenoxy) is 1. The van der Waals surface area contributed by atoms with Crippen LogP contribution < -0.4 is 0 Å². The van der Waals surface area contributed by atoms with Gasteiger partial charge in [0.15, 0.2) is 0 Å². The summed E-state index contributed by atoms with van der Waals surface area (Å²) in [6.07, 6.45) is 3.57. The average molecular weight is 258 g/mol. The number of hydrogen-bond donors (Lipinski definition) is 0. The molecule has 2 nitrogen and oxygen atoms in total. The third-order valence-electron chi connectivity index (χ3n) is 5.97. The van der Waals surface area contributed by atoms with Gasteiger partial charge in [-0.2, -0.15) is 0 Å². The average Bonchev–Trinajstić information content (AvgIpc) is 2.73. The SMILES string of the molecule is CC1(C)[C@H]2CC[C@@]1(C)[C@@H](OC(=O)c1ccccc1)C2. The molecular weight excluding hydrogens is 236 g/mol. The predicted octanol–water partition coefficient (Wildman–Crippen LogP) is 4.06. The number of carbonyl (C=O) groups is 1. The Morgan fingerprint density at radius 2 is 1.89 bits per heavy atom. The van der Waals surface area contributed by atoms with E-state index < -0.39 is 0 Å². The van der Waals surface area contributed by atoms with Crippen molar-refractivity contribution in [1.82, 2.24) is 0 Å². The van der Waals surface area contributed by atoms with Gasteiger partial charge in [-0.3, -0.25) is 0 Å². The number of hydrogen-bond acceptors (Lipinski definition) is 2. The van der Waals surface area contributed by atoms with Gasteiger partial charge in [0.2, 0.25) is 0 Å². The Hall–Kier alpha value is -1.31. The Morgan fingerprint density at radius 3 is 2.42 bits per heavy atom. The first-order valence-electron chi connectivity index (χ1n) is 7.21. The lowest BCUT2D eigenvalue weighted by Crippen LogP contribution is -2.38. The van der Waals surface area contributed by atoms with Crippen molar-refractivity contribution in [3.63, 3.8) is 0 Å². The highest BCUT2D eigenvalue weighted by Crippen LogP contribution is 2.66. The number of fused-ring (bicyclic) bond motifs is 2. The number of esters is 1. The maximum atomic E-state index is 12.2. The fraction of sp³-hybridized carbons (Fsp3) is 0.588. The van der Waals surface area contributed by atoms with Crippen molar-refractivity contribution < 1.29 is 9.53 Å². The van der Waals surface area contributed by atoms with Gasteiger partial charge in [-0.25, -0.2) is 4.79 Å². The van der Waals surface area contributed by atoms with Gasteiger partial charge in [0.1, 0.15) is 6.10 Å². The molecule has 0 heterocycles. The Labute approximate surface area is 115 Å². The fourth-order valence-electron chi connectivity index (χ4n) is 4.08. The molecule has 3 atom stereocenters. The first kappa shape index (κ1) is 12.7. The molecule has 0 unspecified atom stereocenters. The van der Waals surface area contributed by atoms with Gasteiger partial charge < -0.3 is 4.74 Å². The second-order valence-corrected chi connectivity index (χ2v) is 6.87. The van der Waals surface area contributed by atoms with E-state index in [1.807, 2.05) is 30.3 Å². The minimum atomic E-state index is -0.171. The summed E-state index contributed by atoms with van der Waals surface area (Å²) in [7, 11) is 0. The molecule has 2 fully saturated rings. The van der Waals surface area contributed by atoms with Gasteiger partial charge in [-0.1, -0.05) is 39.0 Å². The molecule has 0 amide bonds. The third kappa shape index (κ3) is 1.73. The van der Waals surface area contributed by atoms with Crippen LogP contribution in [-0.4, -0.2) is 12.1 Å². The summed E-state index contributed by atoms with van der Waals surface area (Å²) in [4.78, 5) is 12.2. The highest BCUT2D eigenvalue weighted by molar-refractivity contribution is 5.89. The zero-order valence-corrected chi connectivity index (χ0v) is 12.0. The number of rotatable bonds is 2. The molecule has 0 saturated heterocycles. The van der Waals surface area contributed by atoms with Crippen LogP contribution in [0.1, 0.15) is 50.4 Å². The van der Waals surface area contributed by atoms with Crippen molar-refractivity contribution >= 4 is 5.97 Å². The molecule has 2 aliphatic carbocycles. The summed E-state index contributed by atoms with van der Waals surface area (Å²) in [5.41, 5.74) is 1.09. The van der Waals surface area contributed by atoms with Crippen molar-refractivity contribution in [1.29, 1.82) is 0 Å². The minimum Gasteiger partial charge on any atom is -0.458 e. The zero-order chi connectivity index (χ0) is 13.7. The van der Waals surface area contributed by atoms with E-state index in [-0.39, 0.29) is 22.9 Å². The Kier molecular flexibility index (Phi) is 2.74. The van der Waals surface area contributed by atoms with Crippen molar-refractivity contribution in [2.45, 2.75) is 46.1 Å². The molecule has 1 aromatic rings. The lowest BCUT2D eigenvalue weighted by molar-refractivity contribution is -0.0242. The number of carbonyl (C=O) groups excluding carboxylic acids is 1. The lowest BCUT2D eigenvalue weighted by Gasteiger charge is -2.38. The minimum absolute atomic E-state index is 0.0777. The van der Waals surface area contributed by atoms with Crippen molar-refractivity contribution in [3.8, 4) is 0 Å². The predicted molar refractivity (Wildman–Crippen MR) is 74.9 cm³/mol. The molecule has 3 rings (SSSR count). The van der Waals surface area contributed by atoms with E-state index in [0.29, 0.717) is 11.5 Å². The van der Waals surface area contributed by atoms with Crippen molar-refractivity contribution in [2.24, 2.45) is 16.7 Å². The van der Waals surface area contributed by atoms with E-state index in [1.165, 1.54) is 12.8 Å². The molecule has 0 aromatic heterocycles. The summed E-state index contributed by atoms with van der Waals surface area (Å²) >= 11 is 0. The van der Waals surface area contributed by atoms with E-state index in [0.717, 1.165) is 6.42 Å². The zero-order valence-electron chi connectivity index (χ0n) is 12.0. The Morgan fingerprint density at radius 1 is 1.21 bits per heavy atom. The monoisotopic (exact) mass is 258 g/mol. The summed E-state index contributed by atoms with van der Waals surface area (Å²) < 4.78 is 5.83. The molecule has 2 bridgehead atoms. The molecule has 19 heavy (non-hydrogen) atoms. The van der Waals surface area contributed by atoms with E-state index in [9.17, 15) is 4.79 Å². The number of benzene rings is 1. The van der Waals surface area contributed by atoms with Gasteiger partial charge in [0.25, 0.3) is 0 Å². The van der Waals surface area contributed by atoms with Crippen LogP contribution in [0.25, 0.3) is 0 Å². The van der Waals surface area contributed by atoms with Gasteiger partial charge >= 0.3 is 5.97 Å². The second-order valence-electron chi connectivity index (χ2n) is 6.87. The van der Waals surface area contributed by atoms with Crippen LogP contribution in [0.15, 0.2) is 30.3 Å². The summed E-state index contributed by atoms with van der Waals surface area (Å²) in [5.74, 6) is 0.529. The van der Waals surface area contributed by atoms with Crippen molar-refractivity contribution in [2.75, 3.05) is 0 Å². The van der Waals surface area contributed by atoms with Crippen LogP contribution in [0.3, 0.4) is 0 Å². The van der Waals surface area contributed by atoms with E-state index in [2.05, 4.69) is 20.8 Å². The van der Waals surface area contributed by atoms with Gasteiger partial charge in [-0.05, 0) is 42.7 Å². The van der Waals surface area contributed by atoms with Gasteiger partial charge in [0, 0.05) is 5.41 Å². The molecular formula is C17H22O2. The molecule has 102 valence electrons. The topological polar surface area (TPSA) is 26.3 Å². The molecule has 2 aliphatic rings. The molecule has 0 spiro atoms. The summed E-state index contributed by atoms with van der Waals surface area (Å²) in [6.45, 7) is 6.96. The van der Waals surface area contributed by atoms with Gasteiger partial charge in [0.05, 0.1) is 5.56 Å². The molecule has 0 N–H and O–H groups in total. The smallest absolute Gasteiger partial charge is 0.338 e. The summed E-state index contributed by atoms with van der Waals surface area (Å²) in [5, 5.41) is 0. The molecule has 0 aliphatic heterocycles. The van der Waals surface area contributed by atoms with Crippen LogP contribution >= 0.6 is 0 Å². The van der Waals surface area contributed by atoms with Crippen LogP contribution in [-0.2, 0) is 4.74 Å². The van der Waals surface area contributed by atoms with Crippen molar-refractivity contribution in [3.05, 3.63) is 35.9 Å². The summed E-state index contributed by atoms with van der Waals surface area (Å²) in [6, 6.07) is 9.32. The van der Waals surface area contributed by atoms with Crippen LogP contribution in [0.5, 0.6) is 0 Å². The van der Waals surface area contributed by atoms with E-state index in [4.69, 9.17) is 4.74 Å².